The van der Waals surface area contributed by atoms with Gasteiger partial charge in [-0.3, -0.25) is 0 Å². The first-order valence-electron chi connectivity index (χ1n) is 5.13. The molecule has 16 heavy (non-hydrogen) atoms. The molecule has 3 aromatic rings. The molecule has 0 amide bonds. The number of nitrogens with zero attached hydrogens (tertiary/aromatic N) is 1. The van der Waals surface area contributed by atoms with Crippen molar-refractivity contribution < 1.29 is 5.11 Å². The zero-order chi connectivity index (χ0) is 11.3. The highest BCUT2D eigenvalue weighted by Gasteiger charge is 2.08. The molecule has 3 rings (SSSR count). The number of phenols is 1. The molecule has 0 bridgehead atoms. The number of rotatable bonds is 0. The van der Waals surface area contributed by atoms with Gasteiger partial charge in [-0.25, -0.2) is 0 Å². The Morgan fingerprint density at radius 2 is 1.62 bits per heavy atom. The highest BCUT2D eigenvalue weighted by atomic mass is 16.3. The number of phenolic OH excluding ortho intramolecular Hbond substituents is 1. The average Bonchev–Trinajstić information content (AvgIpc) is 2.52. The average molecular weight is 212 g/mol. The van der Waals surface area contributed by atoms with Crippen molar-refractivity contribution in [2.45, 2.75) is 0 Å². The van der Waals surface area contributed by atoms with Crippen molar-refractivity contribution >= 4 is 27.5 Å². The predicted molar refractivity (Wildman–Crippen MR) is 66.5 cm³/mol. The second-order valence-corrected chi connectivity index (χ2v) is 4.04. The van der Waals surface area contributed by atoms with Crippen molar-refractivity contribution in [2.75, 3.05) is 5.73 Å². The number of nitrogen functional groups attached to an aromatic ring is 1. The number of nitrogens with two attached hydrogens (primary N) is 1. The second-order valence-electron chi connectivity index (χ2n) is 4.04. The summed E-state index contributed by atoms with van der Waals surface area (Å²) in [6.45, 7) is 0. The highest BCUT2D eigenvalue weighted by molar-refractivity contribution is 6.09. The fraction of sp³-hybridized carbons (Fsp3) is 0.0769. The number of anilines is 1. The molecule has 0 saturated heterocycles. The van der Waals surface area contributed by atoms with Crippen LogP contribution >= 0.6 is 0 Å². The third kappa shape index (κ3) is 1.08. The monoisotopic (exact) mass is 212 g/mol. The number of hydrogen-bond acceptors (Lipinski definition) is 2. The summed E-state index contributed by atoms with van der Waals surface area (Å²) >= 11 is 0. The number of aryl methyl sites for hydroxylation is 1. The van der Waals surface area contributed by atoms with Gasteiger partial charge >= 0.3 is 0 Å². The van der Waals surface area contributed by atoms with Gasteiger partial charge in [-0.2, -0.15) is 0 Å². The molecule has 3 N–H and O–H groups in total. The molecule has 3 nitrogen and oxygen atoms in total. The van der Waals surface area contributed by atoms with Gasteiger partial charge in [-0.05, 0) is 36.4 Å². The number of fused-ring (bicyclic) bond motifs is 3. The second kappa shape index (κ2) is 2.92. The van der Waals surface area contributed by atoms with Gasteiger partial charge in [0.1, 0.15) is 5.75 Å². The van der Waals surface area contributed by atoms with Crippen LogP contribution in [-0.4, -0.2) is 9.67 Å². The summed E-state index contributed by atoms with van der Waals surface area (Å²) in [6, 6.07) is 11.2. The Morgan fingerprint density at radius 3 is 2.38 bits per heavy atom. The molecule has 0 radical (unpaired) electrons. The smallest absolute Gasteiger partial charge is 0.116 e. The van der Waals surface area contributed by atoms with Crippen LogP contribution in [0.15, 0.2) is 36.4 Å². The quantitative estimate of drug-likeness (QED) is 0.563. The number of benzene rings is 2. The lowest BCUT2D eigenvalue weighted by Crippen LogP contribution is -1.87. The Labute approximate surface area is 92.7 Å². The molecule has 0 spiro atoms. The van der Waals surface area contributed by atoms with Crippen LogP contribution in [0.2, 0.25) is 0 Å². The van der Waals surface area contributed by atoms with E-state index in [9.17, 15) is 5.11 Å². The highest BCUT2D eigenvalue weighted by Crippen LogP contribution is 2.31. The molecule has 0 unspecified atom stereocenters. The largest absolute Gasteiger partial charge is 0.508 e. The van der Waals surface area contributed by atoms with E-state index in [4.69, 9.17) is 5.73 Å². The maximum absolute atomic E-state index is 9.53. The van der Waals surface area contributed by atoms with Gasteiger partial charge in [-0.1, -0.05) is 0 Å². The first-order chi connectivity index (χ1) is 7.66. The lowest BCUT2D eigenvalue weighted by Gasteiger charge is -1.97. The zero-order valence-electron chi connectivity index (χ0n) is 8.94. The molecule has 0 saturated carbocycles. The zero-order valence-corrected chi connectivity index (χ0v) is 8.94. The SMILES string of the molecule is Cn1c2ccc(N)cc2c2cc(O)ccc21. The lowest BCUT2D eigenvalue weighted by atomic mass is 10.1. The molecule has 1 aromatic heterocycles. The first-order valence-corrected chi connectivity index (χ1v) is 5.13. The van der Waals surface area contributed by atoms with Crippen molar-refractivity contribution in [1.29, 1.82) is 0 Å². The van der Waals surface area contributed by atoms with Crippen LogP contribution in [0.25, 0.3) is 21.8 Å². The predicted octanol–water partition coefficient (Wildman–Crippen LogP) is 2.62. The van der Waals surface area contributed by atoms with Crippen molar-refractivity contribution in [3.8, 4) is 5.75 Å². The normalized spacial score (nSPS) is 11.3. The molecule has 0 atom stereocenters. The van der Waals surface area contributed by atoms with Gasteiger partial charge in [0.15, 0.2) is 0 Å². The van der Waals surface area contributed by atoms with E-state index in [0.29, 0.717) is 0 Å². The molecule has 3 heteroatoms. The van der Waals surface area contributed by atoms with Crippen LogP contribution in [0.1, 0.15) is 0 Å². The van der Waals surface area contributed by atoms with E-state index in [0.717, 1.165) is 27.5 Å². The minimum atomic E-state index is 0.280. The third-order valence-corrected chi connectivity index (χ3v) is 3.01. The summed E-state index contributed by atoms with van der Waals surface area (Å²) in [5.74, 6) is 0.280. The third-order valence-electron chi connectivity index (χ3n) is 3.01. The molecule has 0 aliphatic heterocycles. The van der Waals surface area contributed by atoms with Gasteiger partial charge in [0.25, 0.3) is 0 Å². The Hall–Kier alpha value is -2.16. The van der Waals surface area contributed by atoms with E-state index < -0.39 is 0 Å². The Kier molecular flexibility index (Phi) is 1.66. The van der Waals surface area contributed by atoms with Gasteiger partial charge in [0.2, 0.25) is 0 Å². The van der Waals surface area contributed by atoms with Gasteiger partial charge < -0.3 is 15.4 Å². The van der Waals surface area contributed by atoms with Crippen LogP contribution in [0.3, 0.4) is 0 Å². The summed E-state index contributed by atoms with van der Waals surface area (Å²) in [7, 11) is 2.01. The van der Waals surface area contributed by atoms with Crippen molar-refractivity contribution in [1.82, 2.24) is 4.57 Å². The standard InChI is InChI=1S/C13H12N2O/c1-15-12-4-2-8(14)6-10(12)11-7-9(16)3-5-13(11)15/h2-7,16H,14H2,1H3. The molecule has 2 aromatic carbocycles. The molecular weight excluding hydrogens is 200 g/mol. The number of hydrogen-bond donors (Lipinski definition) is 2. The summed E-state index contributed by atoms with van der Waals surface area (Å²) in [4.78, 5) is 0. The summed E-state index contributed by atoms with van der Waals surface area (Å²) in [5.41, 5.74) is 8.75. The van der Waals surface area contributed by atoms with Crippen molar-refractivity contribution in [3.05, 3.63) is 36.4 Å². The van der Waals surface area contributed by atoms with Gasteiger partial charge in [0.05, 0.1) is 0 Å². The first kappa shape index (κ1) is 9.09. The van der Waals surface area contributed by atoms with Crippen LogP contribution in [0.5, 0.6) is 5.75 Å². The molecule has 0 aliphatic rings. The summed E-state index contributed by atoms with van der Waals surface area (Å²) in [5, 5.41) is 11.6. The topological polar surface area (TPSA) is 51.2 Å². The number of aromatic nitrogens is 1. The van der Waals surface area contributed by atoms with E-state index in [-0.39, 0.29) is 5.75 Å². The minimum absolute atomic E-state index is 0.280. The van der Waals surface area contributed by atoms with Crippen LogP contribution in [-0.2, 0) is 7.05 Å². The molecule has 0 aliphatic carbocycles. The lowest BCUT2D eigenvalue weighted by molar-refractivity contribution is 0.476. The maximum atomic E-state index is 9.53. The fourth-order valence-corrected chi connectivity index (χ4v) is 2.22. The maximum Gasteiger partial charge on any atom is 0.116 e. The summed E-state index contributed by atoms with van der Waals surface area (Å²) in [6.07, 6.45) is 0. The van der Waals surface area contributed by atoms with E-state index in [1.165, 1.54) is 0 Å². The van der Waals surface area contributed by atoms with Crippen molar-refractivity contribution in [3.63, 3.8) is 0 Å². The Balaban J connectivity index is 2.60. The molecule has 80 valence electrons. The molecule has 1 heterocycles. The van der Waals surface area contributed by atoms with Gasteiger partial charge in [0, 0.05) is 34.5 Å². The van der Waals surface area contributed by atoms with E-state index in [1.54, 1.807) is 12.1 Å². The van der Waals surface area contributed by atoms with E-state index in [1.807, 2.05) is 31.3 Å². The Bertz CT molecular complexity index is 639. The summed E-state index contributed by atoms with van der Waals surface area (Å²) < 4.78 is 2.10. The Morgan fingerprint density at radius 1 is 1.00 bits per heavy atom. The fourth-order valence-electron chi connectivity index (χ4n) is 2.22. The van der Waals surface area contributed by atoms with Gasteiger partial charge in [-0.15, -0.1) is 0 Å². The van der Waals surface area contributed by atoms with Crippen LogP contribution < -0.4 is 5.73 Å². The molecule has 0 fully saturated rings. The van der Waals surface area contributed by atoms with E-state index >= 15 is 0 Å². The number of aromatic hydroxyl groups is 1. The van der Waals surface area contributed by atoms with Crippen molar-refractivity contribution in [2.24, 2.45) is 7.05 Å². The van der Waals surface area contributed by atoms with Crippen LogP contribution in [0, 0.1) is 0 Å². The minimum Gasteiger partial charge on any atom is -0.508 e. The van der Waals surface area contributed by atoms with E-state index in [2.05, 4.69) is 4.57 Å². The molecular formula is C13H12N2O. The van der Waals surface area contributed by atoms with Crippen LogP contribution in [0.4, 0.5) is 5.69 Å².